The van der Waals surface area contributed by atoms with Crippen LogP contribution in [0, 0.1) is 0 Å². The minimum atomic E-state index is -0.260. The van der Waals surface area contributed by atoms with E-state index in [0.29, 0.717) is 18.5 Å². The van der Waals surface area contributed by atoms with Crippen LogP contribution in [-0.4, -0.2) is 15.8 Å². The molecule has 0 radical (unpaired) electrons. The van der Waals surface area contributed by atoms with E-state index in [-0.39, 0.29) is 11.5 Å². The number of rotatable bonds is 3. The van der Waals surface area contributed by atoms with E-state index < -0.39 is 0 Å². The van der Waals surface area contributed by atoms with Crippen LogP contribution in [0.5, 0.6) is 0 Å². The molecule has 0 aromatic carbocycles. The summed E-state index contributed by atoms with van der Waals surface area (Å²) in [6, 6.07) is 0. The quantitative estimate of drug-likeness (QED) is 0.654. The van der Waals surface area contributed by atoms with Gasteiger partial charge in [0.25, 0.3) is 0 Å². The molecule has 0 unspecified atom stereocenters. The number of H-pyrrole nitrogens is 2. The zero-order valence-corrected chi connectivity index (χ0v) is 6.31. The Hall–Kier alpha value is -1.32. The van der Waals surface area contributed by atoms with Gasteiger partial charge in [-0.25, -0.2) is 4.79 Å². The molecule has 0 fully saturated rings. The number of nitrogens with one attached hydrogen (secondary N) is 2. The molecule has 4 nitrogen and oxygen atoms in total. The van der Waals surface area contributed by atoms with Crippen molar-refractivity contribution in [2.75, 3.05) is 0 Å². The molecule has 1 heterocycles. The van der Waals surface area contributed by atoms with Gasteiger partial charge < -0.3 is 9.97 Å². The van der Waals surface area contributed by atoms with Gasteiger partial charge in [0.15, 0.2) is 0 Å². The zero-order valence-electron chi connectivity index (χ0n) is 6.31. The molecule has 0 bridgehead atoms. The van der Waals surface area contributed by atoms with E-state index in [1.54, 1.807) is 6.92 Å². The molecule has 4 heteroatoms. The Morgan fingerprint density at radius 3 is 2.82 bits per heavy atom. The molecule has 0 aliphatic heterocycles. The third-order valence-corrected chi connectivity index (χ3v) is 1.43. The molecule has 0 aliphatic carbocycles. The number of hydrogen-bond acceptors (Lipinski definition) is 2. The van der Waals surface area contributed by atoms with Crippen molar-refractivity contribution in [3.8, 4) is 0 Å². The van der Waals surface area contributed by atoms with E-state index in [0.717, 1.165) is 0 Å². The second kappa shape index (κ2) is 3.18. The zero-order chi connectivity index (χ0) is 8.27. The van der Waals surface area contributed by atoms with Gasteiger partial charge in [-0.3, -0.25) is 4.79 Å². The van der Waals surface area contributed by atoms with Crippen LogP contribution in [0.15, 0.2) is 11.0 Å². The summed E-state index contributed by atoms with van der Waals surface area (Å²) >= 11 is 0. The summed E-state index contributed by atoms with van der Waals surface area (Å²) in [4.78, 5) is 26.3. The SMILES string of the molecule is CCC(=O)Cc1c[nH]c(=O)[nH]1. The number of aromatic nitrogens is 2. The van der Waals surface area contributed by atoms with E-state index in [4.69, 9.17) is 0 Å². The van der Waals surface area contributed by atoms with Crippen LogP contribution in [0.4, 0.5) is 0 Å². The summed E-state index contributed by atoms with van der Waals surface area (Å²) in [7, 11) is 0. The fourth-order valence-corrected chi connectivity index (χ4v) is 0.803. The monoisotopic (exact) mass is 154 g/mol. The normalized spacial score (nSPS) is 9.91. The predicted molar refractivity (Wildman–Crippen MR) is 40.4 cm³/mol. The van der Waals surface area contributed by atoms with Gasteiger partial charge in [0.1, 0.15) is 5.78 Å². The first-order chi connectivity index (χ1) is 5.22. The van der Waals surface area contributed by atoms with Crippen molar-refractivity contribution in [3.05, 3.63) is 22.4 Å². The number of Topliss-reactive ketones (excluding diaryl/α,β-unsaturated/α-hetero) is 1. The number of carbonyl (C=O) groups excluding carboxylic acids is 1. The Labute approximate surface area is 63.6 Å². The summed E-state index contributed by atoms with van der Waals surface area (Å²) < 4.78 is 0. The van der Waals surface area contributed by atoms with Gasteiger partial charge in [0.05, 0.1) is 0 Å². The maximum Gasteiger partial charge on any atom is 0.323 e. The maximum atomic E-state index is 10.9. The van der Waals surface area contributed by atoms with Crippen LogP contribution < -0.4 is 5.69 Å². The van der Waals surface area contributed by atoms with E-state index in [2.05, 4.69) is 9.97 Å². The Morgan fingerprint density at radius 1 is 1.64 bits per heavy atom. The Balaban J connectivity index is 2.65. The van der Waals surface area contributed by atoms with Crippen molar-refractivity contribution >= 4 is 5.78 Å². The highest BCUT2D eigenvalue weighted by Gasteiger charge is 2.01. The van der Waals surface area contributed by atoms with E-state index in [1.807, 2.05) is 0 Å². The van der Waals surface area contributed by atoms with E-state index in [9.17, 15) is 9.59 Å². The highest BCUT2D eigenvalue weighted by Crippen LogP contribution is 1.93. The molecule has 2 N–H and O–H groups in total. The lowest BCUT2D eigenvalue weighted by Crippen LogP contribution is -2.04. The van der Waals surface area contributed by atoms with Crippen LogP contribution in [0.3, 0.4) is 0 Å². The van der Waals surface area contributed by atoms with Crippen LogP contribution >= 0.6 is 0 Å². The first-order valence-corrected chi connectivity index (χ1v) is 3.50. The largest absolute Gasteiger partial charge is 0.323 e. The Kier molecular flexibility index (Phi) is 2.25. The van der Waals surface area contributed by atoms with Crippen molar-refractivity contribution in [2.45, 2.75) is 19.8 Å². The maximum absolute atomic E-state index is 10.9. The summed E-state index contributed by atoms with van der Waals surface area (Å²) in [5.74, 6) is 0.125. The fraction of sp³-hybridized carbons (Fsp3) is 0.429. The Morgan fingerprint density at radius 2 is 2.36 bits per heavy atom. The summed E-state index contributed by atoms with van der Waals surface area (Å²) in [5.41, 5.74) is 0.394. The molecule has 11 heavy (non-hydrogen) atoms. The molecule has 0 atom stereocenters. The minimum absolute atomic E-state index is 0.125. The summed E-state index contributed by atoms with van der Waals surface area (Å²) in [5, 5.41) is 0. The van der Waals surface area contributed by atoms with Crippen LogP contribution in [0.2, 0.25) is 0 Å². The fourth-order valence-electron chi connectivity index (χ4n) is 0.803. The average Bonchev–Trinajstić information content (AvgIpc) is 2.35. The topological polar surface area (TPSA) is 65.7 Å². The lowest BCUT2D eigenvalue weighted by atomic mass is 10.2. The third-order valence-electron chi connectivity index (χ3n) is 1.43. The number of carbonyl (C=O) groups is 1. The van der Waals surface area contributed by atoms with Crippen molar-refractivity contribution < 1.29 is 4.79 Å². The summed E-state index contributed by atoms with van der Waals surface area (Å²) in [6.07, 6.45) is 2.35. The summed E-state index contributed by atoms with van der Waals surface area (Å²) in [6.45, 7) is 1.80. The average molecular weight is 154 g/mol. The molecule has 0 amide bonds. The number of aromatic amines is 2. The van der Waals surface area contributed by atoms with Gasteiger partial charge in [-0.15, -0.1) is 0 Å². The van der Waals surface area contributed by atoms with Gasteiger partial charge >= 0.3 is 5.69 Å². The van der Waals surface area contributed by atoms with Crippen LogP contribution in [0.1, 0.15) is 19.0 Å². The lowest BCUT2D eigenvalue weighted by Gasteiger charge is -1.90. The highest BCUT2D eigenvalue weighted by molar-refractivity contribution is 5.79. The van der Waals surface area contributed by atoms with Gasteiger partial charge in [-0.05, 0) is 0 Å². The van der Waals surface area contributed by atoms with Crippen molar-refractivity contribution in [2.24, 2.45) is 0 Å². The van der Waals surface area contributed by atoms with Crippen LogP contribution in [-0.2, 0) is 11.2 Å². The van der Waals surface area contributed by atoms with Crippen molar-refractivity contribution in [1.82, 2.24) is 9.97 Å². The molecule has 0 saturated heterocycles. The minimum Gasteiger partial charge on any atom is -0.313 e. The van der Waals surface area contributed by atoms with Crippen molar-refractivity contribution in [1.29, 1.82) is 0 Å². The standard InChI is InChI=1S/C7H10N2O2/c1-2-6(10)3-5-4-8-7(11)9-5/h4H,2-3H2,1H3,(H2,8,9,11). The van der Waals surface area contributed by atoms with Crippen LogP contribution in [0.25, 0.3) is 0 Å². The third kappa shape index (κ3) is 2.07. The molecule has 60 valence electrons. The first-order valence-electron chi connectivity index (χ1n) is 3.50. The number of hydrogen-bond donors (Lipinski definition) is 2. The first kappa shape index (κ1) is 7.78. The molecule has 0 spiro atoms. The number of imidazole rings is 1. The van der Waals surface area contributed by atoms with Gasteiger partial charge in [-0.1, -0.05) is 6.92 Å². The Bertz CT molecular complexity index is 297. The molecular formula is C7H10N2O2. The second-order valence-corrected chi connectivity index (χ2v) is 2.34. The van der Waals surface area contributed by atoms with E-state index in [1.165, 1.54) is 6.20 Å². The molecule has 1 aromatic rings. The smallest absolute Gasteiger partial charge is 0.313 e. The second-order valence-electron chi connectivity index (χ2n) is 2.34. The highest BCUT2D eigenvalue weighted by atomic mass is 16.1. The molecule has 1 aromatic heterocycles. The van der Waals surface area contributed by atoms with Crippen molar-refractivity contribution in [3.63, 3.8) is 0 Å². The van der Waals surface area contributed by atoms with Gasteiger partial charge in [0.2, 0.25) is 0 Å². The van der Waals surface area contributed by atoms with E-state index >= 15 is 0 Å². The van der Waals surface area contributed by atoms with Gasteiger partial charge in [-0.2, -0.15) is 0 Å². The molecule has 0 saturated carbocycles. The number of ketones is 1. The van der Waals surface area contributed by atoms with Gasteiger partial charge in [0, 0.05) is 24.7 Å². The molecular weight excluding hydrogens is 144 g/mol. The molecule has 0 aliphatic rings. The lowest BCUT2D eigenvalue weighted by molar-refractivity contribution is -0.118. The predicted octanol–water partition coefficient (Wildman–Crippen LogP) is 0.225. The molecule has 1 rings (SSSR count).